The van der Waals surface area contributed by atoms with Crippen LogP contribution < -0.4 is 0 Å². The number of ether oxygens (including phenoxy) is 1. The molecule has 3 fully saturated rings. The lowest BCUT2D eigenvalue weighted by Gasteiger charge is -2.42. The normalized spacial score (nSPS) is 25.8. The van der Waals surface area contributed by atoms with Gasteiger partial charge in [0.05, 0.1) is 29.1 Å². The maximum atomic E-state index is 15.2. The Morgan fingerprint density at radius 2 is 2.00 bits per heavy atom. The molecule has 3 aliphatic rings. The number of rotatable bonds is 4. The number of thiophene rings is 1. The van der Waals surface area contributed by atoms with Crippen molar-refractivity contribution in [2.75, 3.05) is 45.9 Å². The summed E-state index contributed by atoms with van der Waals surface area (Å²) in [5, 5.41) is 0.876. The summed E-state index contributed by atoms with van der Waals surface area (Å²) in [6.07, 6.45) is 5.00. The summed E-state index contributed by atoms with van der Waals surface area (Å²) in [6.45, 7) is 7.07. The fraction of sp³-hybridized carbons (Fsp3) is 0.444. The number of halogens is 1. The van der Waals surface area contributed by atoms with Crippen molar-refractivity contribution in [3.63, 3.8) is 0 Å². The second-order valence-electron chi connectivity index (χ2n) is 10.4. The van der Waals surface area contributed by atoms with Gasteiger partial charge >= 0.3 is 0 Å². The molecule has 3 aliphatic heterocycles. The van der Waals surface area contributed by atoms with Crippen LogP contribution in [0.4, 0.5) is 4.39 Å². The average Bonchev–Trinajstić information content (AvgIpc) is 3.67. The largest absolute Gasteiger partial charge is 0.371 e. The van der Waals surface area contributed by atoms with Crippen molar-refractivity contribution in [2.45, 2.75) is 19.2 Å². The Labute approximate surface area is 218 Å². The Kier molecular flexibility index (Phi) is 5.73. The van der Waals surface area contributed by atoms with Crippen LogP contribution in [0.1, 0.15) is 29.6 Å². The maximum absolute atomic E-state index is 15.2. The van der Waals surface area contributed by atoms with E-state index >= 15 is 4.39 Å². The highest BCUT2D eigenvalue weighted by molar-refractivity contribution is 7.19. The van der Waals surface area contributed by atoms with Crippen molar-refractivity contribution in [2.24, 2.45) is 11.8 Å². The number of nitrogens with zero attached hydrogens (tertiary/aromatic N) is 5. The number of carbonyl (C=O) groups excluding carboxylic acids is 1. The van der Waals surface area contributed by atoms with Gasteiger partial charge in [-0.05, 0) is 36.1 Å². The average molecular weight is 521 g/mol. The number of carbonyl (C=O) groups is 1. The summed E-state index contributed by atoms with van der Waals surface area (Å²) in [6, 6.07) is 7.42. The van der Waals surface area contributed by atoms with Crippen LogP contribution >= 0.6 is 11.3 Å². The van der Waals surface area contributed by atoms with Crippen molar-refractivity contribution in [1.82, 2.24) is 29.7 Å². The van der Waals surface area contributed by atoms with Crippen LogP contribution in [0.2, 0.25) is 0 Å². The predicted molar refractivity (Wildman–Crippen MR) is 139 cm³/mol. The van der Waals surface area contributed by atoms with Gasteiger partial charge in [0, 0.05) is 79.9 Å². The highest BCUT2D eigenvalue weighted by Crippen LogP contribution is 2.42. The zero-order chi connectivity index (χ0) is 25.1. The van der Waals surface area contributed by atoms with Gasteiger partial charge in [-0.3, -0.25) is 14.6 Å². The first-order chi connectivity index (χ1) is 18.0. The SMILES string of the molecule is CC(=O)N1CC2CN(C(c3cc4ncncc4s3)N3CCOC(c4c(F)ccc5[nH]ccc45)C3)CC2C1. The molecule has 1 aromatic carbocycles. The third-order valence-electron chi connectivity index (χ3n) is 8.26. The number of nitrogens with one attached hydrogen (secondary N) is 1. The van der Waals surface area contributed by atoms with Crippen LogP contribution in [0.15, 0.2) is 43.0 Å². The standard InChI is InChI=1S/C27H29FN6O2S/c1-16(35)33-10-17-12-34(13-18(17)11-33)27(24-8-22-25(37-24)9-29-15-31-22)32-6-7-36-23(14-32)26-19-4-5-30-21(19)3-2-20(26)28/h2-5,8-9,15,17-18,23,27,30H,6-7,10-14H2,1H3. The number of benzene rings is 1. The summed E-state index contributed by atoms with van der Waals surface area (Å²) in [5.41, 5.74) is 2.49. The van der Waals surface area contributed by atoms with E-state index in [9.17, 15) is 4.79 Å². The molecular formula is C27H29FN6O2S. The molecule has 0 bridgehead atoms. The van der Waals surface area contributed by atoms with Crippen LogP contribution in [0.25, 0.3) is 21.1 Å². The summed E-state index contributed by atoms with van der Waals surface area (Å²) in [5.74, 6) is 0.886. The van der Waals surface area contributed by atoms with Crippen LogP contribution in [0.5, 0.6) is 0 Å². The summed E-state index contributed by atoms with van der Waals surface area (Å²) < 4.78 is 22.4. The Morgan fingerprint density at radius 3 is 2.78 bits per heavy atom. The topological polar surface area (TPSA) is 77.6 Å². The molecule has 3 aromatic heterocycles. The molecule has 3 saturated heterocycles. The number of morpholine rings is 1. The third-order valence-corrected chi connectivity index (χ3v) is 9.36. The van der Waals surface area contributed by atoms with Crippen molar-refractivity contribution in [3.05, 3.63) is 59.2 Å². The Morgan fingerprint density at radius 1 is 1.16 bits per heavy atom. The molecule has 0 saturated carbocycles. The zero-order valence-corrected chi connectivity index (χ0v) is 21.5. The second kappa shape index (κ2) is 9.13. The molecule has 4 unspecified atom stereocenters. The molecule has 4 aromatic rings. The molecule has 0 aliphatic carbocycles. The molecule has 1 amide bonds. The molecule has 7 rings (SSSR count). The minimum Gasteiger partial charge on any atom is -0.371 e. The van der Waals surface area contributed by atoms with Crippen molar-refractivity contribution >= 4 is 38.4 Å². The molecule has 0 radical (unpaired) electrons. The van der Waals surface area contributed by atoms with Gasteiger partial charge in [-0.25, -0.2) is 14.4 Å². The molecule has 192 valence electrons. The number of likely N-dealkylation sites (tertiary alicyclic amines) is 2. The Hall–Kier alpha value is -2.92. The molecule has 10 heteroatoms. The van der Waals surface area contributed by atoms with E-state index in [0.29, 0.717) is 30.6 Å². The quantitative estimate of drug-likeness (QED) is 0.441. The van der Waals surface area contributed by atoms with Gasteiger partial charge in [0.15, 0.2) is 0 Å². The van der Waals surface area contributed by atoms with E-state index in [2.05, 4.69) is 30.8 Å². The Balaban J connectivity index is 1.22. The van der Waals surface area contributed by atoms with E-state index in [1.807, 2.05) is 23.4 Å². The number of amides is 1. The number of hydrogen-bond donors (Lipinski definition) is 1. The molecular weight excluding hydrogens is 491 g/mol. The summed E-state index contributed by atoms with van der Waals surface area (Å²) in [4.78, 5) is 32.1. The van der Waals surface area contributed by atoms with Crippen LogP contribution in [-0.2, 0) is 9.53 Å². The predicted octanol–water partition coefficient (Wildman–Crippen LogP) is 3.79. The molecule has 4 atom stereocenters. The fourth-order valence-electron chi connectivity index (χ4n) is 6.53. The molecule has 1 N–H and O–H groups in total. The van der Waals surface area contributed by atoms with Gasteiger partial charge < -0.3 is 14.6 Å². The van der Waals surface area contributed by atoms with Gasteiger partial charge in [0.25, 0.3) is 0 Å². The highest BCUT2D eigenvalue weighted by Gasteiger charge is 2.45. The first-order valence-corrected chi connectivity index (χ1v) is 13.7. The minimum atomic E-state index is -0.361. The number of H-pyrrole nitrogens is 1. The van der Waals surface area contributed by atoms with E-state index in [4.69, 9.17) is 4.74 Å². The smallest absolute Gasteiger partial charge is 0.219 e. The Bertz CT molecular complexity index is 1420. The first kappa shape index (κ1) is 23.2. The lowest BCUT2D eigenvalue weighted by molar-refractivity contribution is -0.128. The molecule has 37 heavy (non-hydrogen) atoms. The summed E-state index contributed by atoms with van der Waals surface area (Å²) >= 11 is 1.73. The van der Waals surface area contributed by atoms with E-state index < -0.39 is 0 Å². The van der Waals surface area contributed by atoms with Crippen LogP contribution in [-0.4, -0.2) is 81.4 Å². The van der Waals surface area contributed by atoms with E-state index in [1.165, 1.54) is 10.9 Å². The van der Waals surface area contributed by atoms with Crippen molar-refractivity contribution in [3.8, 4) is 0 Å². The van der Waals surface area contributed by atoms with Gasteiger partial charge in [-0.1, -0.05) is 0 Å². The number of fused-ring (bicyclic) bond motifs is 3. The number of hydrogen-bond acceptors (Lipinski definition) is 7. The van der Waals surface area contributed by atoms with Gasteiger partial charge in [-0.15, -0.1) is 11.3 Å². The lowest BCUT2D eigenvalue weighted by atomic mass is 10.0. The first-order valence-electron chi connectivity index (χ1n) is 12.9. The zero-order valence-electron chi connectivity index (χ0n) is 20.6. The molecule has 0 spiro atoms. The second-order valence-corrected chi connectivity index (χ2v) is 11.6. The molecule has 8 nitrogen and oxygen atoms in total. The van der Waals surface area contributed by atoms with Gasteiger partial charge in [0.1, 0.15) is 12.1 Å². The fourth-order valence-corrected chi connectivity index (χ4v) is 7.69. The van der Waals surface area contributed by atoms with Crippen LogP contribution in [0.3, 0.4) is 0 Å². The van der Waals surface area contributed by atoms with Crippen LogP contribution in [0, 0.1) is 17.7 Å². The highest BCUT2D eigenvalue weighted by atomic mass is 32.1. The monoisotopic (exact) mass is 520 g/mol. The van der Waals surface area contributed by atoms with Gasteiger partial charge in [-0.2, -0.15) is 0 Å². The van der Waals surface area contributed by atoms with E-state index in [1.54, 1.807) is 30.7 Å². The van der Waals surface area contributed by atoms with Crippen molar-refractivity contribution < 1.29 is 13.9 Å². The van der Waals surface area contributed by atoms with E-state index in [-0.39, 0.29) is 24.0 Å². The maximum Gasteiger partial charge on any atom is 0.219 e. The molecule has 6 heterocycles. The number of aromatic nitrogens is 3. The van der Waals surface area contributed by atoms with Gasteiger partial charge in [0.2, 0.25) is 5.91 Å². The lowest BCUT2D eigenvalue weighted by Crippen LogP contribution is -2.47. The van der Waals surface area contributed by atoms with E-state index in [0.717, 1.165) is 53.8 Å². The number of aromatic amines is 1. The van der Waals surface area contributed by atoms with Crippen molar-refractivity contribution in [1.29, 1.82) is 0 Å². The third kappa shape index (κ3) is 4.03. The summed E-state index contributed by atoms with van der Waals surface area (Å²) in [7, 11) is 0. The minimum absolute atomic E-state index is 0.0375.